The Bertz CT molecular complexity index is 166. The Hall–Kier alpha value is -0.770. The van der Waals surface area contributed by atoms with Crippen LogP contribution in [0.5, 0.6) is 0 Å². The van der Waals surface area contributed by atoms with Crippen LogP contribution in [0, 0.1) is 0 Å². The van der Waals surface area contributed by atoms with Crippen LogP contribution >= 0.6 is 0 Å². The fraction of sp³-hybridized carbons (Fsp3) is 0.900. The molecule has 0 aliphatic carbocycles. The molecule has 0 rings (SSSR count). The number of rotatable bonds is 6. The highest BCUT2D eigenvalue weighted by molar-refractivity contribution is 5.60. The van der Waals surface area contributed by atoms with E-state index in [1.165, 1.54) is 0 Å². The number of carbonyl (C=O) groups excluding carboxylic acids is 1. The Balaban J connectivity index is 3.55. The molecule has 0 atom stereocenters. The smallest absolute Gasteiger partial charge is 0.428 e. The molecule has 0 heterocycles. The molecule has 0 N–H and O–H groups in total. The fourth-order valence-electron chi connectivity index (χ4n) is 0.620. The van der Waals surface area contributed by atoms with Gasteiger partial charge in [-0.05, 0) is 26.7 Å². The predicted octanol–water partition coefficient (Wildman–Crippen LogP) is 2.71. The van der Waals surface area contributed by atoms with E-state index in [2.05, 4.69) is 0 Å². The maximum absolute atomic E-state index is 11.1. The van der Waals surface area contributed by atoms with Crippen molar-refractivity contribution in [3.8, 4) is 0 Å². The van der Waals surface area contributed by atoms with Crippen LogP contribution in [0.25, 0.3) is 0 Å². The van der Waals surface area contributed by atoms with Crippen molar-refractivity contribution in [2.45, 2.75) is 46.1 Å². The second-order valence-corrected chi connectivity index (χ2v) is 3.64. The first-order valence-electron chi connectivity index (χ1n) is 4.95. The Labute approximate surface area is 85.5 Å². The van der Waals surface area contributed by atoms with Crippen LogP contribution in [0.15, 0.2) is 0 Å². The average Bonchev–Trinajstić information content (AvgIpc) is 2.12. The molecule has 0 aromatic heterocycles. The van der Waals surface area contributed by atoms with E-state index in [1.807, 2.05) is 27.7 Å². The molecule has 0 aromatic carbocycles. The van der Waals surface area contributed by atoms with Crippen LogP contribution in [0.1, 0.15) is 40.5 Å². The lowest BCUT2D eigenvalue weighted by Crippen LogP contribution is -2.27. The molecule has 0 saturated carbocycles. The highest BCUT2D eigenvalue weighted by Crippen LogP contribution is 2.14. The molecule has 4 nitrogen and oxygen atoms in total. The van der Waals surface area contributed by atoms with Gasteiger partial charge >= 0.3 is 6.16 Å². The lowest BCUT2D eigenvalue weighted by molar-refractivity contribution is -0.0722. The van der Waals surface area contributed by atoms with Crippen molar-refractivity contribution in [1.29, 1.82) is 0 Å². The Morgan fingerprint density at radius 3 is 2.43 bits per heavy atom. The van der Waals surface area contributed by atoms with Gasteiger partial charge in [0.15, 0.2) is 6.79 Å². The van der Waals surface area contributed by atoms with E-state index in [0.29, 0.717) is 6.61 Å². The topological polar surface area (TPSA) is 44.8 Å². The first-order chi connectivity index (χ1) is 6.52. The minimum Gasteiger partial charge on any atom is -0.428 e. The summed E-state index contributed by atoms with van der Waals surface area (Å²) in [6, 6.07) is 0. The highest BCUT2D eigenvalue weighted by Gasteiger charge is 2.21. The highest BCUT2D eigenvalue weighted by atomic mass is 16.8. The van der Waals surface area contributed by atoms with Gasteiger partial charge in [0.25, 0.3) is 0 Å². The first-order valence-corrected chi connectivity index (χ1v) is 4.95. The number of hydrogen-bond donors (Lipinski definition) is 0. The molecule has 0 amide bonds. The van der Waals surface area contributed by atoms with E-state index in [1.54, 1.807) is 0 Å². The third kappa shape index (κ3) is 6.71. The maximum atomic E-state index is 11.1. The molecule has 84 valence electrons. The number of ether oxygens (including phenoxy) is 3. The van der Waals surface area contributed by atoms with Gasteiger partial charge in [-0.25, -0.2) is 4.79 Å². The normalized spacial score (nSPS) is 11.1. The Kier molecular flexibility index (Phi) is 6.28. The minimum atomic E-state index is -0.673. The summed E-state index contributed by atoms with van der Waals surface area (Å²) < 4.78 is 14.7. The molecule has 0 aliphatic rings. The molecular weight excluding hydrogens is 184 g/mol. The molecule has 0 radical (unpaired) electrons. The number of carbonyl (C=O) groups is 1. The molecule has 0 aliphatic heterocycles. The summed E-state index contributed by atoms with van der Waals surface area (Å²) in [4.78, 5) is 11.1. The zero-order valence-electron chi connectivity index (χ0n) is 9.46. The molecule has 0 bridgehead atoms. The van der Waals surface area contributed by atoms with E-state index < -0.39 is 11.8 Å². The SMILES string of the molecule is CCCOCOC(=O)OC(C)(C)CC. The maximum Gasteiger partial charge on any atom is 0.510 e. The standard InChI is InChI=1S/C10H20O4/c1-5-7-12-8-13-9(11)14-10(3,4)6-2/h5-8H2,1-4H3. The molecule has 0 unspecified atom stereocenters. The van der Waals surface area contributed by atoms with Crippen molar-refractivity contribution in [3.05, 3.63) is 0 Å². The number of hydrogen-bond acceptors (Lipinski definition) is 4. The predicted molar refractivity (Wildman–Crippen MR) is 53.0 cm³/mol. The summed E-state index contributed by atoms with van der Waals surface area (Å²) >= 11 is 0. The molecule has 4 heteroatoms. The van der Waals surface area contributed by atoms with Crippen LogP contribution in [0.2, 0.25) is 0 Å². The van der Waals surface area contributed by atoms with Gasteiger partial charge in [0.2, 0.25) is 0 Å². The zero-order valence-corrected chi connectivity index (χ0v) is 9.46. The average molecular weight is 204 g/mol. The van der Waals surface area contributed by atoms with Gasteiger partial charge < -0.3 is 14.2 Å². The molecule has 0 saturated heterocycles. The summed E-state index contributed by atoms with van der Waals surface area (Å²) in [5.41, 5.74) is -0.470. The lowest BCUT2D eigenvalue weighted by atomic mass is 10.1. The monoisotopic (exact) mass is 204 g/mol. The van der Waals surface area contributed by atoms with Gasteiger partial charge in [0, 0.05) is 0 Å². The van der Waals surface area contributed by atoms with Gasteiger partial charge in [-0.2, -0.15) is 0 Å². The molecule has 0 aromatic rings. The van der Waals surface area contributed by atoms with Crippen LogP contribution in [-0.4, -0.2) is 25.2 Å². The lowest BCUT2D eigenvalue weighted by Gasteiger charge is -2.22. The molecule has 0 fully saturated rings. The van der Waals surface area contributed by atoms with Crippen molar-refractivity contribution in [1.82, 2.24) is 0 Å². The summed E-state index contributed by atoms with van der Waals surface area (Å²) in [7, 11) is 0. The van der Waals surface area contributed by atoms with E-state index in [-0.39, 0.29) is 6.79 Å². The van der Waals surface area contributed by atoms with E-state index >= 15 is 0 Å². The van der Waals surface area contributed by atoms with E-state index in [9.17, 15) is 4.79 Å². The van der Waals surface area contributed by atoms with Gasteiger partial charge in [-0.15, -0.1) is 0 Å². The Morgan fingerprint density at radius 2 is 1.93 bits per heavy atom. The summed E-state index contributed by atoms with van der Waals surface area (Å²) in [5.74, 6) is 0. The van der Waals surface area contributed by atoms with Crippen molar-refractivity contribution in [2.24, 2.45) is 0 Å². The fourth-order valence-corrected chi connectivity index (χ4v) is 0.620. The summed E-state index contributed by atoms with van der Waals surface area (Å²) in [6.07, 6.45) is 0.976. The summed E-state index contributed by atoms with van der Waals surface area (Å²) in [5, 5.41) is 0. The van der Waals surface area contributed by atoms with Crippen molar-refractivity contribution < 1.29 is 19.0 Å². The van der Waals surface area contributed by atoms with Crippen molar-refractivity contribution in [2.75, 3.05) is 13.4 Å². The largest absolute Gasteiger partial charge is 0.510 e. The van der Waals surface area contributed by atoms with E-state index in [4.69, 9.17) is 14.2 Å². The van der Waals surface area contributed by atoms with Gasteiger partial charge in [0.1, 0.15) is 5.60 Å². The summed E-state index contributed by atoms with van der Waals surface area (Å²) in [6.45, 7) is 8.15. The van der Waals surface area contributed by atoms with Crippen molar-refractivity contribution in [3.63, 3.8) is 0 Å². The van der Waals surface area contributed by atoms with Gasteiger partial charge in [-0.1, -0.05) is 13.8 Å². The third-order valence-electron chi connectivity index (χ3n) is 1.82. The second-order valence-electron chi connectivity index (χ2n) is 3.64. The molecule has 14 heavy (non-hydrogen) atoms. The third-order valence-corrected chi connectivity index (χ3v) is 1.82. The van der Waals surface area contributed by atoms with Crippen LogP contribution in [-0.2, 0) is 14.2 Å². The second kappa shape index (κ2) is 6.65. The Morgan fingerprint density at radius 1 is 1.29 bits per heavy atom. The quantitative estimate of drug-likeness (QED) is 0.379. The van der Waals surface area contributed by atoms with Crippen LogP contribution in [0.3, 0.4) is 0 Å². The molecule has 0 spiro atoms. The van der Waals surface area contributed by atoms with Crippen LogP contribution < -0.4 is 0 Å². The van der Waals surface area contributed by atoms with Crippen LogP contribution in [0.4, 0.5) is 4.79 Å². The van der Waals surface area contributed by atoms with Gasteiger partial charge in [0.05, 0.1) is 6.61 Å². The van der Waals surface area contributed by atoms with E-state index in [0.717, 1.165) is 12.8 Å². The van der Waals surface area contributed by atoms with Gasteiger partial charge in [-0.3, -0.25) is 0 Å². The zero-order chi connectivity index (χ0) is 11.0. The molecular formula is C10H20O4. The van der Waals surface area contributed by atoms with Crippen molar-refractivity contribution >= 4 is 6.16 Å². The first kappa shape index (κ1) is 13.2. The minimum absolute atomic E-state index is 0.0353.